The number of hydrogen-bond acceptors (Lipinski definition) is 3. The van der Waals surface area contributed by atoms with Crippen molar-refractivity contribution in [2.24, 2.45) is 0 Å². The van der Waals surface area contributed by atoms with E-state index in [9.17, 15) is 9.90 Å². The number of benzene rings is 1. The highest BCUT2D eigenvalue weighted by Gasteiger charge is 2.19. The number of piperidine rings is 1. The molecule has 1 atom stereocenters. The Morgan fingerprint density at radius 1 is 1.35 bits per heavy atom. The zero-order chi connectivity index (χ0) is 14.2. The van der Waals surface area contributed by atoms with Crippen molar-refractivity contribution in [3.05, 3.63) is 35.9 Å². The van der Waals surface area contributed by atoms with Crippen molar-refractivity contribution in [2.75, 3.05) is 26.2 Å². The minimum atomic E-state index is -0.269. The normalized spacial score (nSPS) is 19.8. The number of aryl methyl sites for hydroxylation is 1. The van der Waals surface area contributed by atoms with Crippen LogP contribution in [0.1, 0.15) is 24.8 Å². The van der Waals surface area contributed by atoms with Crippen LogP contribution in [0.3, 0.4) is 0 Å². The molecule has 2 N–H and O–H groups in total. The number of rotatable bonds is 6. The van der Waals surface area contributed by atoms with E-state index in [0.717, 1.165) is 32.2 Å². The SMILES string of the molecule is O=C(CN1CCCC(O)C1)NCCCc1ccccc1. The van der Waals surface area contributed by atoms with E-state index >= 15 is 0 Å². The number of aliphatic hydroxyl groups excluding tert-OH is 1. The highest BCUT2D eigenvalue weighted by Crippen LogP contribution is 2.08. The predicted octanol–water partition coefficient (Wildman–Crippen LogP) is 1.19. The lowest BCUT2D eigenvalue weighted by Gasteiger charge is -2.29. The molecule has 1 unspecified atom stereocenters. The van der Waals surface area contributed by atoms with Gasteiger partial charge in [-0.05, 0) is 37.8 Å². The molecule has 4 nitrogen and oxygen atoms in total. The van der Waals surface area contributed by atoms with Crippen LogP contribution in [0.25, 0.3) is 0 Å². The van der Waals surface area contributed by atoms with Crippen molar-refractivity contribution in [1.29, 1.82) is 0 Å². The summed E-state index contributed by atoms with van der Waals surface area (Å²) in [5.74, 6) is 0.0622. The summed E-state index contributed by atoms with van der Waals surface area (Å²) in [5.41, 5.74) is 1.31. The number of carbonyl (C=O) groups is 1. The molecule has 0 saturated carbocycles. The van der Waals surface area contributed by atoms with Gasteiger partial charge < -0.3 is 10.4 Å². The lowest BCUT2D eigenvalue weighted by Crippen LogP contribution is -2.44. The third kappa shape index (κ3) is 5.31. The first-order chi connectivity index (χ1) is 9.74. The second-order valence-corrected chi connectivity index (χ2v) is 5.47. The number of likely N-dealkylation sites (tertiary alicyclic amines) is 1. The summed E-state index contributed by atoms with van der Waals surface area (Å²) in [5, 5.41) is 12.5. The maximum Gasteiger partial charge on any atom is 0.234 e. The van der Waals surface area contributed by atoms with Gasteiger partial charge in [0.15, 0.2) is 0 Å². The van der Waals surface area contributed by atoms with Gasteiger partial charge in [0.1, 0.15) is 0 Å². The first-order valence-electron chi connectivity index (χ1n) is 7.45. The lowest BCUT2D eigenvalue weighted by molar-refractivity contribution is -0.122. The fourth-order valence-electron chi connectivity index (χ4n) is 2.60. The van der Waals surface area contributed by atoms with Crippen LogP contribution in [0, 0.1) is 0 Å². The highest BCUT2D eigenvalue weighted by molar-refractivity contribution is 5.77. The topological polar surface area (TPSA) is 52.6 Å². The maximum absolute atomic E-state index is 11.8. The average Bonchev–Trinajstić information content (AvgIpc) is 2.45. The van der Waals surface area contributed by atoms with Crippen LogP contribution in [0.5, 0.6) is 0 Å². The number of amides is 1. The number of aliphatic hydroxyl groups is 1. The van der Waals surface area contributed by atoms with E-state index in [2.05, 4.69) is 17.4 Å². The molecule has 1 aliphatic rings. The quantitative estimate of drug-likeness (QED) is 0.768. The molecular weight excluding hydrogens is 252 g/mol. The van der Waals surface area contributed by atoms with Gasteiger partial charge in [-0.25, -0.2) is 0 Å². The summed E-state index contributed by atoms with van der Waals surface area (Å²) >= 11 is 0. The van der Waals surface area contributed by atoms with Crippen molar-refractivity contribution in [2.45, 2.75) is 31.8 Å². The largest absolute Gasteiger partial charge is 0.392 e. The Morgan fingerprint density at radius 3 is 2.90 bits per heavy atom. The van der Waals surface area contributed by atoms with E-state index in [-0.39, 0.29) is 12.0 Å². The molecule has 1 saturated heterocycles. The van der Waals surface area contributed by atoms with Crippen molar-refractivity contribution in [3.8, 4) is 0 Å². The molecule has 2 rings (SSSR count). The van der Waals surface area contributed by atoms with E-state index in [4.69, 9.17) is 0 Å². The summed E-state index contributed by atoms with van der Waals surface area (Å²) in [6, 6.07) is 10.3. The second-order valence-electron chi connectivity index (χ2n) is 5.47. The fraction of sp³-hybridized carbons (Fsp3) is 0.562. The molecule has 1 aromatic rings. The van der Waals surface area contributed by atoms with Gasteiger partial charge in [-0.15, -0.1) is 0 Å². The smallest absolute Gasteiger partial charge is 0.234 e. The summed E-state index contributed by atoms with van der Waals surface area (Å²) in [6.45, 7) is 2.65. The first kappa shape index (κ1) is 15.0. The Morgan fingerprint density at radius 2 is 2.15 bits per heavy atom. The molecule has 0 aliphatic carbocycles. The molecule has 4 heteroatoms. The van der Waals surface area contributed by atoms with E-state index < -0.39 is 0 Å². The third-order valence-corrected chi connectivity index (χ3v) is 3.66. The number of nitrogens with one attached hydrogen (secondary N) is 1. The van der Waals surface area contributed by atoms with Crippen LogP contribution >= 0.6 is 0 Å². The minimum absolute atomic E-state index is 0.0622. The zero-order valence-corrected chi connectivity index (χ0v) is 11.9. The highest BCUT2D eigenvalue weighted by atomic mass is 16.3. The van der Waals surface area contributed by atoms with Crippen molar-refractivity contribution in [1.82, 2.24) is 10.2 Å². The summed E-state index contributed by atoms with van der Waals surface area (Å²) in [4.78, 5) is 13.8. The molecular formula is C16H24N2O2. The van der Waals surface area contributed by atoms with Crippen LogP contribution in [-0.4, -0.2) is 48.2 Å². The van der Waals surface area contributed by atoms with E-state index in [1.165, 1.54) is 5.56 Å². The number of hydrogen-bond donors (Lipinski definition) is 2. The number of nitrogens with zero attached hydrogens (tertiary/aromatic N) is 1. The Kier molecular flexibility index (Phi) is 6.02. The minimum Gasteiger partial charge on any atom is -0.392 e. The molecule has 110 valence electrons. The van der Waals surface area contributed by atoms with Crippen LogP contribution in [0.4, 0.5) is 0 Å². The molecule has 0 aromatic heterocycles. The number of carbonyl (C=O) groups excluding carboxylic acids is 1. The Bertz CT molecular complexity index is 408. The van der Waals surface area contributed by atoms with E-state index in [0.29, 0.717) is 19.6 Å². The van der Waals surface area contributed by atoms with Gasteiger partial charge in [0.05, 0.1) is 12.6 Å². The van der Waals surface area contributed by atoms with Gasteiger partial charge in [0.2, 0.25) is 5.91 Å². The Hall–Kier alpha value is -1.39. The first-order valence-corrected chi connectivity index (χ1v) is 7.45. The van der Waals surface area contributed by atoms with Crippen molar-refractivity contribution in [3.63, 3.8) is 0 Å². The van der Waals surface area contributed by atoms with Gasteiger partial charge in [0.25, 0.3) is 0 Å². The fourth-order valence-corrected chi connectivity index (χ4v) is 2.60. The molecule has 1 aromatic carbocycles. The van der Waals surface area contributed by atoms with Crippen LogP contribution in [-0.2, 0) is 11.2 Å². The average molecular weight is 276 g/mol. The molecule has 1 amide bonds. The van der Waals surface area contributed by atoms with Gasteiger partial charge in [-0.1, -0.05) is 30.3 Å². The van der Waals surface area contributed by atoms with Crippen LogP contribution in [0.2, 0.25) is 0 Å². The van der Waals surface area contributed by atoms with E-state index in [1.54, 1.807) is 0 Å². The summed E-state index contributed by atoms with van der Waals surface area (Å²) in [6.07, 6.45) is 3.51. The maximum atomic E-state index is 11.8. The molecule has 20 heavy (non-hydrogen) atoms. The van der Waals surface area contributed by atoms with Gasteiger partial charge >= 0.3 is 0 Å². The summed E-state index contributed by atoms with van der Waals surface area (Å²) < 4.78 is 0. The van der Waals surface area contributed by atoms with Gasteiger partial charge in [0, 0.05) is 13.1 Å². The van der Waals surface area contributed by atoms with E-state index in [1.807, 2.05) is 23.1 Å². The monoisotopic (exact) mass is 276 g/mol. The molecule has 0 radical (unpaired) electrons. The second kappa shape index (κ2) is 8.02. The van der Waals surface area contributed by atoms with Crippen molar-refractivity contribution < 1.29 is 9.90 Å². The predicted molar refractivity (Wildman–Crippen MR) is 79.5 cm³/mol. The van der Waals surface area contributed by atoms with Gasteiger partial charge in [-0.2, -0.15) is 0 Å². The molecule has 1 aliphatic heterocycles. The van der Waals surface area contributed by atoms with Crippen LogP contribution in [0.15, 0.2) is 30.3 Å². The standard InChI is InChI=1S/C16H24N2O2/c19-15-9-5-11-18(12-15)13-16(20)17-10-4-8-14-6-2-1-3-7-14/h1-3,6-7,15,19H,4-5,8-13H2,(H,17,20). The van der Waals surface area contributed by atoms with Crippen LogP contribution < -0.4 is 5.32 Å². The molecule has 1 fully saturated rings. The van der Waals surface area contributed by atoms with Crippen molar-refractivity contribution >= 4 is 5.91 Å². The zero-order valence-electron chi connectivity index (χ0n) is 11.9. The van der Waals surface area contributed by atoms with Gasteiger partial charge in [-0.3, -0.25) is 9.69 Å². The molecule has 0 bridgehead atoms. The molecule has 1 heterocycles. The number of β-amino-alcohol motifs (C(OH)–C–C–N with tert-alkyl or cyclic N) is 1. The Balaban J connectivity index is 1.58. The summed E-state index contributed by atoms with van der Waals surface area (Å²) in [7, 11) is 0. The lowest BCUT2D eigenvalue weighted by atomic mass is 10.1. The molecule has 0 spiro atoms. The third-order valence-electron chi connectivity index (χ3n) is 3.66. The Labute approximate surface area is 120 Å².